The van der Waals surface area contributed by atoms with Crippen LogP contribution in [0.3, 0.4) is 0 Å². The minimum atomic E-state index is -0.358. The first-order chi connectivity index (χ1) is 9.19. The molecular formula is C14H9FN4. The number of nitriles is 1. The molecule has 1 heterocycles. The Balaban J connectivity index is 2.30. The van der Waals surface area contributed by atoms with E-state index in [4.69, 9.17) is 11.0 Å². The summed E-state index contributed by atoms with van der Waals surface area (Å²) in [5, 5.41) is 8.92. The minimum absolute atomic E-state index is 0.260. The summed E-state index contributed by atoms with van der Waals surface area (Å²) in [7, 11) is 0. The number of benzene rings is 2. The van der Waals surface area contributed by atoms with E-state index in [0.717, 1.165) is 5.69 Å². The lowest BCUT2D eigenvalue weighted by atomic mass is 10.2. The Labute approximate surface area is 108 Å². The van der Waals surface area contributed by atoms with Gasteiger partial charge in [-0.25, -0.2) is 9.37 Å². The molecule has 5 heteroatoms. The lowest BCUT2D eigenvalue weighted by molar-refractivity contribution is 0.629. The molecule has 0 unspecified atom stereocenters. The largest absolute Gasteiger partial charge is 0.369 e. The summed E-state index contributed by atoms with van der Waals surface area (Å²) in [4.78, 5) is 4.12. The van der Waals surface area contributed by atoms with Crippen LogP contribution in [-0.2, 0) is 0 Å². The molecule has 0 bridgehead atoms. The summed E-state index contributed by atoms with van der Waals surface area (Å²) >= 11 is 0. The quantitative estimate of drug-likeness (QED) is 0.723. The third-order valence-electron chi connectivity index (χ3n) is 2.88. The molecule has 0 saturated heterocycles. The maximum absolute atomic E-state index is 13.2. The molecule has 0 fully saturated rings. The van der Waals surface area contributed by atoms with Crippen molar-refractivity contribution >= 4 is 17.0 Å². The highest BCUT2D eigenvalue weighted by molar-refractivity contribution is 5.81. The van der Waals surface area contributed by atoms with Crippen LogP contribution in [0.25, 0.3) is 16.7 Å². The van der Waals surface area contributed by atoms with Crippen molar-refractivity contribution in [2.45, 2.75) is 0 Å². The highest BCUT2D eigenvalue weighted by atomic mass is 19.1. The molecule has 0 aliphatic heterocycles. The van der Waals surface area contributed by atoms with E-state index >= 15 is 0 Å². The van der Waals surface area contributed by atoms with Crippen molar-refractivity contribution in [3.05, 3.63) is 53.8 Å². The average Bonchev–Trinajstić information content (AvgIpc) is 2.73. The number of rotatable bonds is 1. The van der Waals surface area contributed by atoms with Gasteiger partial charge < -0.3 is 5.73 Å². The fourth-order valence-corrected chi connectivity index (χ4v) is 2.06. The fourth-order valence-electron chi connectivity index (χ4n) is 2.06. The highest BCUT2D eigenvalue weighted by Crippen LogP contribution is 2.24. The van der Waals surface area contributed by atoms with Gasteiger partial charge in [0.15, 0.2) is 0 Å². The first-order valence-corrected chi connectivity index (χ1v) is 5.63. The van der Waals surface area contributed by atoms with Gasteiger partial charge in [-0.15, -0.1) is 0 Å². The Bertz CT molecular complexity index is 814. The van der Waals surface area contributed by atoms with Gasteiger partial charge in [-0.05, 0) is 30.3 Å². The van der Waals surface area contributed by atoms with Crippen LogP contribution in [0.2, 0.25) is 0 Å². The number of imidazole rings is 1. The summed E-state index contributed by atoms with van der Waals surface area (Å²) in [6.07, 6.45) is 0. The summed E-state index contributed by atoms with van der Waals surface area (Å²) in [6, 6.07) is 13.4. The molecule has 0 saturated carbocycles. The number of aromatic nitrogens is 2. The molecule has 19 heavy (non-hydrogen) atoms. The minimum Gasteiger partial charge on any atom is -0.369 e. The second kappa shape index (κ2) is 4.10. The van der Waals surface area contributed by atoms with E-state index in [1.807, 2.05) is 6.07 Å². The van der Waals surface area contributed by atoms with E-state index in [9.17, 15) is 4.39 Å². The van der Waals surface area contributed by atoms with Crippen LogP contribution >= 0.6 is 0 Å². The monoisotopic (exact) mass is 252 g/mol. The predicted molar refractivity (Wildman–Crippen MR) is 70.2 cm³/mol. The van der Waals surface area contributed by atoms with Crippen LogP contribution in [-0.4, -0.2) is 9.55 Å². The molecule has 0 aliphatic carbocycles. The van der Waals surface area contributed by atoms with Crippen LogP contribution in [0.15, 0.2) is 42.5 Å². The number of nitrogen functional groups attached to an aromatic ring is 1. The van der Waals surface area contributed by atoms with E-state index in [1.165, 1.54) is 12.1 Å². The Kier molecular flexibility index (Phi) is 2.43. The first kappa shape index (κ1) is 11.2. The lowest BCUT2D eigenvalue weighted by Gasteiger charge is -2.06. The molecule has 2 aromatic carbocycles. The molecule has 3 aromatic rings. The fraction of sp³-hybridized carbons (Fsp3) is 0. The Hall–Kier alpha value is -2.87. The van der Waals surface area contributed by atoms with Crippen molar-refractivity contribution in [3.63, 3.8) is 0 Å². The van der Waals surface area contributed by atoms with Crippen molar-refractivity contribution in [2.24, 2.45) is 0 Å². The molecule has 4 nitrogen and oxygen atoms in total. The standard InChI is InChI=1S/C14H9FN4/c15-10-4-5-13-12(7-10)18-14(17)19(13)11-3-1-2-9(6-11)8-16/h1-7H,(H2,17,18). The Morgan fingerprint density at radius 3 is 2.84 bits per heavy atom. The van der Waals surface area contributed by atoms with Crippen LogP contribution in [0, 0.1) is 17.1 Å². The molecule has 1 aromatic heterocycles. The van der Waals surface area contributed by atoms with E-state index in [0.29, 0.717) is 16.6 Å². The zero-order valence-corrected chi connectivity index (χ0v) is 9.84. The van der Waals surface area contributed by atoms with Gasteiger partial charge >= 0.3 is 0 Å². The SMILES string of the molecule is N#Cc1cccc(-n2c(N)nc3cc(F)ccc32)c1. The number of fused-ring (bicyclic) bond motifs is 1. The Morgan fingerprint density at radius 1 is 1.21 bits per heavy atom. The lowest BCUT2D eigenvalue weighted by Crippen LogP contribution is -2.00. The van der Waals surface area contributed by atoms with E-state index < -0.39 is 0 Å². The van der Waals surface area contributed by atoms with E-state index in [-0.39, 0.29) is 11.8 Å². The number of hydrogen-bond donors (Lipinski definition) is 1. The topological polar surface area (TPSA) is 67.6 Å². The zero-order chi connectivity index (χ0) is 13.4. The summed E-state index contributed by atoms with van der Waals surface area (Å²) in [5.41, 5.74) is 8.32. The molecule has 0 aliphatic rings. The summed E-state index contributed by atoms with van der Waals surface area (Å²) < 4.78 is 14.9. The van der Waals surface area contributed by atoms with Crippen molar-refractivity contribution in [3.8, 4) is 11.8 Å². The van der Waals surface area contributed by atoms with Crippen LogP contribution in [0.4, 0.5) is 10.3 Å². The Morgan fingerprint density at radius 2 is 2.05 bits per heavy atom. The third-order valence-corrected chi connectivity index (χ3v) is 2.88. The van der Waals surface area contributed by atoms with Crippen LogP contribution in [0.5, 0.6) is 0 Å². The van der Waals surface area contributed by atoms with Gasteiger partial charge in [0.25, 0.3) is 0 Å². The normalized spacial score (nSPS) is 10.5. The predicted octanol–water partition coefficient (Wildman–Crippen LogP) is 2.62. The number of halogens is 1. The number of nitrogens with two attached hydrogens (primary N) is 1. The maximum Gasteiger partial charge on any atom is 0.205 e. The second-order valence-electron chi connectivity index (χ2n) is 4.10. The van der Waals surface area contributed by atoms with Gasteiger partial charge in [-0.1, -0.05) is 6.07 Å². The van der Waals surface area contributed by atoms with Crippen molar-refractivity contribution in [2.75, 3.05) is 5.73 Å². The summed E-state index contributed by atoms with van der Waals surface area (Å²) in [5.74, 6) is -0.0985. The van der Waals surface area contributed by atoms with Crippen LogP contribution in [0.1, 0.15) is 5.56 Å². The molecule has 92 valence electrons. The van der Waals surface area contributed by atoms with Crippen LogP contribution < -0.4 is 5.73 Å². The van der Waals surface area contributed by atoms with Crippen molar-refractivity contribution < 1.29 is 4.39 Å². The van der Waals surface area contributed by atoms with Gasteiger partial charge in [-0.2, -0.15) is 5.26 Å². The molecule has 0 amide bonds. The third kappa shape index (κ3) is 1.79. The molecule has 0 spiro atoms. The highest BCUT2D eigenvalue weighted by Gasteiger charge is 2.10. The molecule has 0 atom stereocenters. The number of anilines is 1. The molecule has 3 rings (SSSR count). The second-order valence-corrected chi connectivity index (χ2v) is 4.10. The smallest absolute Gasteiger partial charge is 0.205 e. The number of hydrogen-bond acceptors (Lipinski definition) is 3. The van der Waals surface area contributed by atoms with Gasteiger partial charge in [0.05, 0.1) is 28.4 Å². The van der Waals surface area contributed by atoms with E-state index in [1.54, 1.807) is 28.8 Å². The maximum atomic E-state index is 13.2. The van der Waals surface area contributed by atoms with E-state index in [2.05, 4.69) is 11.1 Å². The van der Waals surface area contributed by atoms with Gasteiger partial charge in [0.1, 0.15) is 5.82 Å². The molecular weight excluding hydrogens is 243 g/mol. The van der Waals surface area contributed by atoms with Gasteiger partial charge in [-0.3, -0.25) is 4.57 Å². The average molecular weight is 252 g/mol. The zero-order valence-electron chi connectivity index (χ0n) is 9.84. The summed E-state index contributed by atoms with van der Waals surface area (Å²) in [6.45, 7) is 0. The molecule has 0 radical (unpaired) electrons. The number of nitrogens with zero attached hydrogens (tertiary/aromatic N) is 3. The molecule has 2 N–H and O–H groups in total. The first-order valence-electron chi connectivity index (χ1n) is 5.63. The van der Waals surface area contributed by atoms with Crippen molar-refractivity contribution in [1.82, 2.24) is 9.55 Å². The van der Waals surface area contributed by atoms with Gasteiger partial charge in [0.2, 0.25) is 5.95 Å². The van der Waals surface area contributed by atoms with Crippen molar-refractivity contribution in [1.29, 1.82) is 5.26 Å². The van der Waals surface area contributed by atoms with Gasteiger partial charge in [0, 0.05) is 6.07 Å².